The number of nitrogens with zero attached hydrogens (tertiary/aromatic N) is 2. The van der Waals surface area contributed by atoms with Crippen LogP contribution in [0.25, 0.3) is 21.8 Å². The molecule has 5 nitrogen and oxygen atoms in total. The number of esters is 1. The SMILES string of the molecule is CC(=O)Oc1ccc2c(c1Br)c1ccncc1n2C(C)=O. The molecule has 0 amide bonds. The third kappa shape index (κ3) is 2.12. The molecule has 0 aliphatic rings. The van der Waals surface area contributed by atoms with Crippen molar-refractivity contribution in [2.24, 2.45) is 0 Å². The number of aromatic nitrogens is 2. The van der Waals surface area contributed by atoms with Crippen LogP contribution in [0.2, 0.25) is 0 Å². The van der Waals surface area contributed by atoms with Crippen molar-refractivity contribution in [2.45, 2.75) is 13.8 Å². The lowest BCUT2D eigenvalue weighted by atomic mass is 10.2. The van der Waals surface area contributed by atoms with E-state index in [4.69, 9.17) is 4.74 Å². The van der Waals surface area contributed by atoms with Gasteiger partial charge in [-0.15, -0.1) is 0 Å². The molecule has 2 aromatic heterocycles. The molecule has 3 aromatic rings. The topological polar surface area (TPSA) is 61.2 Å². The second-order valence-electron chi connectivity index (χ2n) is 4.61. The number of ether oxygens (including phenoxy) is 1. The molecule has 0 N–H and O–H groups in total. The number of hydrogen-bond donors (Lipinski definition) is 0. The molecule has 106 valence electrons. The summed E-state index contributed by atoms with van der Waals surface area (Å²) in [4.78, 5) is 27.2. The fourth-order valence-corrected chi connectivity index (χ4v) is 3.10. The van der Waals surface area contributed by atoms with E-state index in [2.05, 4.69) is 20.9 Å². The molecule has 0 aliphatic heterocycles. The lowest BCUT2D eigenvalue weighted by Gasteiger charge is -2.06. The normalized spacial score (nSPS) is 11.0. The van der Waals surface area contributed by atoms with Crippen molar-refractivity contribution >= 4 is 49.6 Å². The fourth-order valence-electron chi connectivity index (χ4n) is 2.47. The number of rotatable bonds is 1. The van der Waals surface area contributed by atoms with Gasteiger partial charge in [0, 0.05) is 30.8 Å². The van der Waals surface area contributed by atoms with Crippen molar-refractivity contribution in [3.8, 4) is 5.75 Å². The standard InChI is InChI=1S/C15H11BrN2O3/c1-8(19)18-11-3-4-13(21-9(2)20)15(16)14(11)10-5-6-17-7-12(10)18/h3-7H,1-2H3. The minimum Gasteiger partial charge on any atom is -0.425 e. The average molecular weight is 347 g/mol. The summed E-state index contributed by atoms with van der Waals surface area (Å²) in [5, 5.41) is 1.69. The van der Waals surface area contributed by atoms with E-state index in [0.717, 1.165) is 21.8 Å². The highest BCUT2D eigenvalue weighted by atomic mass is 79.9. The third-order valence-electron chi connectivity index (χ3n) is 3.20. The van der Waals surface area contributed by atoms with Gasteiger partial charge in [0.1, 0.15) is 5.75 Å². The molecule has 0 unspecified atom stereocenters. The van der Waals surface area contributed by atoms with Crippen molar-refractivity contribution < 1.29 is 14.3 Å². The van der Waals surface area contributed by atoms with Crippen LogP contribution in [-0.2, 0) is 4.79 Å². The lowest BCUT2D eigenvalue weighted by molar-refractivity contribution is -0.131. The first kappa shape index (κ1) is 13.8. The Morgan fingerprint density at radius 3 is 2.62 bits per heavy atom. The number of carbonyl (C=O) groups is 2. The van der Waals surface area contributed by atoms with E-state index in [1.807, 2.05) is 6.07 Å². The average Bonchev–Trinajstić information content (AvgIpc) is 2.76. The van der Waals surface area contributed by atoms with Crippen molar-refractivity contribution in [3.05, 3.63) is 35.1 Å². The summed E-state index contributed by atoms with van der Waals surface area (Å²) < 4.78 is 7.42. The van der Waals surface area contributed by atoms with E-state index in [1.54, 1.807) is 29.1 Å². The first-order chi connectivity index (χ1) is 10.0. The minimum absolute atomic E-state index is 0.102. The Labute approximate surface area is 128 Å². The van der Waals surface area contributed by atoms with Gasteiger partial charge in [-0.2, -0.15) is 0 Å². The lowest BCUT2D eigenvalue weighted by Crippen LogP contribution is -2.05. The van der Waals surface area contributed by atoms with Crippen LogP contribution in [0.15, 0.2) is 35.1 Å². The summed E-state index contributed by atoms with van der Waals surface area (Å²) in [6, 6.07) is 5.26. The van der Waals surface area contributed by atoms with Gasteiger partial charge < -0.3 is 4.74 Å². The number of halogens is 1. The molecule has 6 heteroatoms. The van der Waals surface area contributed by atoms with Gasteiger partial charge in [0.2, 0.25) is 5.91 Å². The van der Waals surface area contributed by atoms with Gasteiger partial charge in [-0.25, -0.2) is 0 Å². The van der Waals surface area contributed by atoms with Crippen LogP contribution in [0.3, 0.4) is 0 Å². The Kier molecular flexibility index (Phi) is 3.25. The van der Waals surface area contributed by atoms with Crippen LogP contribution in [0.1, 0.15) is 18.6 Å². The van der Waals surface area contributed by atoms with E-state index in [9.17, 15) is 9.59 Å². The zero-order valence-electron chi connectivity index (χ0n) is 11.4. The largest absolute Gasteiger partial charge is 0.425 e. The number of pyridine rings is 1. The number of carbonyl (C=O) groups excluding carboxylic acids is 2. The molecular weight excluding hydrogens is 336 g/mol. The van der Waals surface area contributed by atoms with Crippen molar-refractivity contribution in [2.75, 3.05) is 0 Å². The smallest absolute Gasteiger partial charge is 0.308 e. The van der Waals surface area contributed by atoms with Crippen LogP contribution >= 0.6 is 15.9 Å². The fraction of sp³-hybridized carbons (Fsp3) is 0.133. The molecule has 0 bridgehead atoms. The Morgan fingerprint density at radius 2 is 1.95 bits per heavy atom. The van der Waals surface area contributed by atoms with Gasteiger partial charge in [-0.1, -0.05) is 0 Å². The maximum atomic E-state index is 11.9. The van der Waals surface area contributed by atoms with Crippen LogP contribution in [0, 0.1) is 0 Å². The van der Waals surface area contributed by atoms with E-state index in [-0.39, 0.29) is 5.91 Å². The molecule has 0 spiro atoms. The molecule has 1 aromatic carbocycles. The summed E-state index contributed by atoms with van der Waals surface area (Å²) in [5.41, 5.74) is 1.47. The van der Waals surface area contributed by atoms with Gasteiger partial charge in [-0.3, -0.25) is 19.1 Å². The Bertz CT molecular complexity index is 899. The molecule has 0 aliphatic carbocycles. The van der Waals surface area contributed by atoms with Gasteiger partial charge in [0.15, 0.2) is 0 Å². The summed E-state index contributed by atoms with van der Waals surface area (Å²) in [5.74, 6) is -0.0726. The van der Waals surface area contributed by atoms with Crippen LogP contribution in [0.4, 0.5) is 0 Å². The van der Waals surface area contributed by atoms with E-state index < -0.39 is 5.97 Å². The van der Waals surface area contributed by atoms with Crippen molar-refractivity contribution in [1.82, 2.24) is 9.55 Å². The highest BCUT2D eigenvalue weighted by molar-refractivity contribution is 9.10. The second-order valence-corrected chi connectivity index (χ2v) is 5.41. The predicted octanol–water partition coefficient (Wildman–Crippen LogP) is 3.54. The number of hydrogen-bond acceptors (Lipinski definition) is 4. The second kappa shape index (κ2) is 4.96. The zero-order chi connectivity index (χ0) is 15.1. The predicted molar refractivity (Wildman–Crippen MR) is 82.5 cm³/mol. The molecule has 0 atom stereocenters. The first-order valence-electron chi connectivity index (χ1n) is 6.26. The van der Waals surface area contributed by atoms with Crippen LogP contribution in [0.5, 0.6) is 5.75 Å². The van der Waals surface area contributed by atoms with E-state index >= 15 is 0 Å². The summed E-state index contributed by atoms with van der Waals surface area (Å²) in [6.07, 6.45) is 3.31. The maximum absolute atomic E-state index is 11.9. The van der Waals surface area contributed by atoms with Crippen LogP contribution < -0.4 is 4.74 Å². The quantitative estimate of drug-likeness (QED) is 0.499. The third-order valence-corrected chi connectivity index (χ3v) is 3.99. The van der Waals surface area contributed by atoms with Gasteiger partial charge >= 0.3 is 5.97 Å². The molecule has 21 heavy (non-hydrogen) atoms. The maximum Gasteiger partial charge on any atom is 0.308 e. The highest BCUT2D eigenvalue weighted by Gasteiger charge is 2.18. The summed E-state index contributed by atoms with van der Waals surface area (Å²) in [7, 11) is 0. The van der Waals surface area contributed by atoms with Crippen LogP contribution in [-0.4, -0.2) is 21.4 Å². The Hall–Kier alpha value is -2.21. The Morgan fingerprint density at radius 1 is 1.19 bits per heavy atom. The molecule has 0 fully saturated rings. The molecular formula is C15H11BrN2O3. The van der Waals surface area contributed by atoms with Gasteiger partial charge in [0.25, 0.3) is 0 Å². The van der Waals surface area contributed by atoms with Crippen molar-refractivity contribution in [3.63, 3.8) is 0 Å². The summed E-state index contributed by atoms with van der Waals surface area (Å²) >= 11 is 3.47. The molecule has 0 saturated carbocycles. The van der Waals surface area contributed by atoms with E-state index in [0.29, 0.717) is 10.2 Å². The summed E-state index contributed by atoms with van der Waals surface area (Å²) in [6.45, 7) is 2.85. The number of benzene rings is 1. The molecule has 0 saturated heterocycles. The van der Waals surface area contributed by atoms with Crippen molar-refractivity contribution in [1.29, 1.82) is 0 Å². The Balaban J connectivity index is 2.46. The molecule has 0 radical (unpaired) electrons. The van der Waals surface area contributed by atoms with Gasteiger partial charge in [0.05, 0.1) is 21.7 Å². The number of fused-ring (bicyclic) bond motifs is 3. The molecule has 2 heterocycles. The monoisotopic (exact) mass is 346 g/mol. The minimum atomic E-state index is -0.396. The first-order valence-corrected chi connectivity index (χ1v) is 7.06. The molecule has 3 rings (SSSR count). The highest BCUT2D eigenvalue weighted by Crippen LogP contribution is 2.39. The zero-order valence-corrected chi connectivity index (χ0v) is 13.0. The van der Waals surface area contributed by atoms with E-state index in [1.165, 1.54) is 13.8 Å². The van der Waals surface area contributed by atoms with Gasteiger partial charge in [-0.05, 0) is 34.1 Å².